The molecule has 4 rings (SSSR count). The Morgan fingerprint density at radius 1 is 0.800 bits per heavy atom. The van der Waals surface area contributed by atoms with Gasteiger partial charge < -0.3 is 4.90 Å². The van der Waals surface area contributed by atoms with Gasteiger partial charge in [-0.3, -0.25) is 4.79 Å². The first-order valence-corrected chi connectivity index (χ1v) is 8.71. The Morgan fingerprint density at radius 2 is 1.48 bits per heavy atom. The quantitative estimate of drug-likeness (QED) is 0.601. The summed E-state index contributed by atoms with van der Waals surface area (Å²) >= 11 is 12.4. The van der Waals surface area contributed by atoms with Crippen LogP contribution in [0.2, 0.25) is 10.0 Å². The molecule has 2 nitrogen and oxygen atoms in total. The monoisotopic (exact) mass is 367 g/mol. The van der Waals surface area contributed by atoms with Gasteiger partial charge in [0.25, 0.3) is 0 Å². The minimum Gasteiger partial charge on any atom is -0.314 e. The van der Waals surface area contributed by atoms with Gasteiger partial charge >= 0.3 is 0 Å². The molecule has 0 aromatic heterocycles. The second-order valence-electron chi connectivity index (χ2n) is 6.13. The predicted molar refractivity (Wildman–Crippen MR) is 103 cm³/mol. The highest BCUT2D eigenvalue weighted by Crippen LogP contribution is 2.50. The highest BCUT2D eigenvalue weighted by Gasteiger charge is 2.52. The minimum atomic E-state index is -0.930. The zero-order valence-electron chi connectivity index (χ0n) is 13.5. The SMILES string of the molecule is CN1C(=O)C(c2ccccc2)(c2ccc(Cl)c(Cl)c2)c2ccccc21. The first kappa shape index (κ1) is 16.2. The Balaban J connectivity index is 2.11. The largest absolute Gasteiger partial charge is 0.314 e. The molecule has 0 N–H and O–H groups in total. The molecule has 1 heterocycles. The van der Waals surface area contributed by atoms with E-state index >= 15 is 0 Å². The van der Waals surface area contributed by atoms with E-state index in [4.69, 9.17) is 23.2 Å². The van der Waals surface area contributed by atoms with Crippen LogP contribution in [-0.2, 0) is 10.2 Å². The van der Waals surface area contributed by atoms with Crippen LogP contribution in [0.3, 0.4) is 0 Å². The van der Waals surface area contributed by atoms with Gasteiger partial charge in [-0.2, -0.15) is 0 Å². The third-order valence-corrected chi connectivity index (χ3v) is 5.59. The number of rotatable bonds is 2. The summed E-state index contributed by atoms with van der Waals surface area (Å²) in [4.78, 5) is 15.2. The number of hydrogen-bond acceptors (Lipinski definition) is 1. The molecule has 0 radical (unpaired) electrons. The normalized spacial score (nSPS) is 19.2. The number of carbonyl (C=O) groups is 1. The maximum absolute atomic E-state index is 13.5. The van der Waals surface area contributed by atoms with Crippen molar-refractivity contribution in [1.29, 1.82) is 0 Å². The number of hydrogen-bond donors (Lipinski definition) is 0. The van der Waals surface area contributed by atoms with Crippen molar-refractivity contribution in [3.8, 4) is 0 Å². The number of anilines is 1. The molecule has 1 unspecified atom stereocenters. The lowest BCUT2D eigenvalue weighted by Gasteiger charge is -2.30. The molecule has 4 heteroatoms. The van der Waals surface area contributed by atoms with Gasteiger partial charge in [0.1, 0.15) is 5.41 Å². The Hall–Kier alpha value is -2.29. The number of amides is 1. The average molecular weight is 368 g/mol. The van der Waals surface area contributed by atoms with Crippen molar-refractivity contribution in [2.75, 3.05) is 11.9 Å². The second-order valence-corrected chi connectivity index (χ2v) is 6.94. The zero-order valence-corrected chi connectivity index (χ0v) is 15.1. The Kier molecular flexibility index (Phi) is 3.82. The van der Waals surface area contributed by atoms with Gasteiger partial charge in [-0.15, -0.1) is 0 Å². The van der Waals surface area contributed by atoms with E-state index in [1.807, 2.05) is 67.7 Å². The van der Waals surface area contributed by atoms with Gasteiger partial charge in [0.2, 0.25) is 5.91 Å². The summed E-state index contributed by atoms with van der Waals surface area (Å²) in [5.41, 5.74) is 2.65. The lowest BCUT2D eigenvalue weighted by Crippen LogP contribution is -2.40. The third kappa shape index (κ3) is 2.21. The molecule has 1 atom stereocenters. The summed E-state index contributed by atoms with van der Waals surface area (Å²) in [6, 6.07) is 23.1. The topological polar surface area (TPSA) is 20.3 Å². The molecule has 1 aliphatic rings. The number of para-hydroxylation sites is 1. The van der Waals surface area contributed by atoms with Crippen LogP contribution in [0.5, 0.6) is 0 Å². The lowest BCUT2D eigenvalue weighted by molar-refractivity contribution is -0.120. The Labute approximate surface area is 156 Å². The highest BCUT2D eigenvalue weighted by molar-refractivity contribution is 6.42. The number of carbonyl (C=O) groups excluding carboxylic acids is 1. The minimum absolute atomic E-state index is 0.00158. The van der Waals surface area contributed by atoms with Crippen molar-refractivity contribution in [2.45, 2.75) is 5.41 Å². The van der Waals surface area contributed by atoms with Crippen LogP contribution in [0.1, 0.15) is 16.7 Å². The molecule has 0 bridgehead atoms. The standard InChI is InChI=1S/C21H15Cl2NO/c1-24-19-10-6-5-9-16(19)21(20(24)25,14-7-3-2-4-8-14)15-11-12-17(22)18(23)13-15/h2-13H,1H3. The number of benzene rings is 3. The second kappa shape index (κ2) is 5.91. The molecular formula is C21H15Cl2NO. The number of fused-ring (bicyclic) bond motifs is 1. The van der Waals surface area contributed by atoms with E-state index in [1.54, 1.807) is 17.0 Å². The molecule has 0 aliphatic carbocycles. The zero-order chi connectivity index (χ0) is 17.6. The van der Waals surface area contributed by atoms with Gasteiger partial charge in [0.15, 0.2) is 0 Å². The molecule has 3 aromatic carbocycles. The molecule has 0 spiro atoms. The van der Waals surface area contributed by atoms with E-state index < -0.39 is 5.41 Å². The first-order valence-electron chi connectivity index (χ1n) is 7.95. The number of likely N-dealkylation sites (N-methyl/N-ethyl adjacent to an activating group) is 1. The van der Waals surface area contributed by atoms with E-state index in [-0.39, 0.29) is 5.91 Å². The van der Waals surface area contributed by atoms with Crippen molar-refractivity contribution in [3.05, 3.63) is 99.5 Å². The van der Waals surface area contributed by atoms with Crippen LogP contribution in [0, 0.1) is 0 Å². The fourth-order valence-corrected chi connectivity index (χ4v) is 4.00. The summed E-state index contributed by atoms with van der Waals surface area (Å²) in [5.74, 6) is -0.00158. The molecule has 0 saturated carbocycles. The van der Waals surface area contributed by atoms with Crippen molar-refractivity contribution in [3.63, 3.8) is 0 Å². The van der Waals surface area contributed by atoms with Gasteiger partial charge in [0.05, 0.1) is 10.0 Å². The fourth-order valence-electron chi connectivity index (χ4n) is 3.70. The summed E-state index contributed by atoms with van der Waals surface area (Å²) in [7, 11) is 1.81. The van der Waals surface area contributed by atoms with E-state index in [1.165, 1.54) is 0 Å². The van der Waals surface area contributed by atoms with E-state index in [9.17, 15) is 4.79 Å². The molecule has 1 amide bonds. The number of halogens is 2. The molecule has 1 aliphatic heterocycles. The van der Waals surface area contributed by atoms with Crippen molar-refractivity contribution < 1.29 is 4.79 Å². The van der Waals surface area contributed by atoms with Crippen LogP contribution in [0.25, 0.3) is 0 Å². The first-order chi connectivity index (χ1) is 12.1. The number of nitrogens with zero attached hydrogens (tertiary/aromatic N) is 1. The van der Waals surface area contributed by atoms with Gasteiger partial charge in [0, 0.05) is 18.3 Å². The predicted octanol–water partition coefficient (Wildman–Crippen LogP) is 5.30. The smallest absolute Gasteiger partial charge is 0.246 e. The molecular weight excluding hydrogens is 353 g/mol. The average Bonchev–Trinajstić information content (AvgIpc) is 2.87. The van der Waals surface area contributed by atoms with Crippen molar-refractivity contribution in [1.82, 2.24) is 0 Å². The Morgan fingerprint density at radius 3 is 2.20 bits per heavy atom. The van der Waals surface area contributed by atoms with Gasteiger partial charge in [-0.25, -0.2) is 0 Å². The maximum atomic E-state index is 13.5. The van der Waals surface area contributed by atoms with E-state index in [2.05, 4.69) is 0 Å². The molecule has 25 heavy (non-hydrogen) atoms. The fraction of sp³-hybridized carbons (Fsp3) is 0.0952. The van der Waals surface area contributed by atoms with Gasteiger partial charge in [-0.05, 0) is 29.3 Å². The van der Waals surface area contributed by atoms with Crippen LogP contribution < -0.4 is 4.90 Å². The van der Waals surface area contributed by atoms with Crippen LogP contribution >= 0.6 is 23.2 Å². The van der Waals surface area contributed by atoms with Crippen LogP contribution in [0.15, 0.2) is 72.8 Å². The van der Waals surface area contributed by atoms with Crippen LogP contribution in [-0.4, -0.2) is 13.0 Å². The Bertz CT molecular complexity index is 971. The molecule has 0 saturated heterocycles. The summed E-state index contributed by atoms with van der Waals surface area (Å²) in [5, 5.41) is 0.912. The maximum Gasteiger partial charge on any atom is 0.246 e. The van der Waals surface area contributed by atoms with E-state index in [0.29, 0.717) is 10.0 Å². The third-order valence-electron chi connectivity index (χ3n) is 4.85. The summed E-state index contributed by atoms with van der Waals surface area (Å²) in [6.45, 7) is 0. The van der Waals surface area contributed by atoms with Crippen molar-refractivity contribution in [2.24, 2.45) is 0 Å². The van der Waals surface area contributed by atoms with E-state index in [0.717, 1.165) is 22.4 Å². The van der Waals surface area contributed by atoms with Crippen LogP contribution in [0.4, 0.5) is 5.69 Å². The van der Waals surface area contributed by atoms with Gasteiger partial charge in [-0.1, -0.05) is 77.8 Å². The molecule has 124 valence electrons. The van der Waals surface area contributed by atoms with Crippen molar-refractivity contribution >= 4 is 34.8 Å². The summed E-state index contributed by atoms with van der Waals surface area (Å²) < 4.78 is 0. The molecule has 3 aromatic rings. The highest BCUT2D eigenvalue weighted by atomic mass is 35.5. The lowest BCUT2D eigenvalue weighted by atomic mass is 9.70. The molecule has 0 fully saturated rings. The summed E-state index contributed by atoms with van der Waals surface area (Å²) in [6.07, 6.45) is 0.